The van der Waals surface area contributed by atoms with Crippen molar-refractivity contribution in [2.75, 3.05) is 31.1 Å². The number of halogens is 1. The van der Waals surface area contributed by atoms with Crippen molar-refractivity contribution in [1.82, 2.24) is 10.6 Å². The van der Waals surface area contributed by atoms with Gasteiger partial charge in [-0.3, -0.25) is 4.79 Å². The summed E-state index contributed by atoms with van der Waals surface area (Å²) in [5, 5.41) is 6.23. The quantitative estimate of drug-likeness (QED) is 0.669. The van der Waals surface area contributed by atoms with E-state index in [9.17, 15) is 4.79 Å². The fraction of sp³-hybridized carbons (Fsp3) is 0.562. The van der Waals surface area contributed by atoms with Crippen molar-refractivity contribution in [3.8, 4) is 0 Å². The van der Waals surface area contributed by atoms with Crippen molar-refractivity contribution in [3.63, 3.8) is 0 Å². The minimum atomic E-state index is 0.0555. The Hall–Kier alpha value is -1.07. The van der Waals surface area contributed by atoms with Gasteiger partial charge in [0.05, 0.1) is 12.2 Å². The molecular weight excluding hydrogens is 330 g/mol. The van der Waals surface area contributed by atoms with Crippen LogP contribution in [0, 0.1) is 0 Å². The van der Waals surface area contributed by atoms with E-state index < -0.39 is 0 Å². The van der Waals surface area contributed by atoms with Crippen molar-refractivity contribution in [1.29, 1.82) is 0 Å². The molecule has 0 spiro atoms. The highest BCUT2D eigenvalue weighted by Gasteiger charge is 2.12. The van der Waals surface area contributed by atoms with Gasteiger partial charge in [0.15, 0.2) is 0 Å². The lowest BCUT2D eigenvalue weighted by Gasteiger charge is -2.24. The van der Waals surface area contributed by atoms with E-state index in [1.54, 1.807) is 0 Å². The predicted octanol–water partition coefficient (Wildman–Crippen LogP) is 2.91. The molecule has 0 saturated heterocycles. The zero-order chi connectivity index (χ0) is 15.7. The Morgan fingerprint density at radius 2 is 2.05 bits per heavy atom. The predicted molar refractivity (Wildman–Crippen MR) is 92.7 cm³/mol. The fourth-order valence-corrected chi connectivity index (χ4v) is 2.80. The van der Waals surface area contributed by atoms with Crippen LogP contribution in [0.3, 0.4) is 0 Å². The maximum absolute atomic E-state index is 11.8. The summed E-state index contributed by atoms with van der Waals surface area (Å²) >= 11 is 3.63. The average molecular weight is 356 g/mol. The second-order valence-electron chi connectivity index (χ2n) is 4.93. The summed E-state index contributed by atoms with van der Waals surface area (Å²) in [6, 6.07) is 6.32. The summed E-state index contributed by atoms with van der Waals surface area (Å²) in [6.45, 7) is 9.89. The van der Waals surface area contributed by atoms with Gasteiger partial charge in [0.25, 0.3) is 0 Å². The summed E-state index contributed by atoms with van der Waals surface area (Å²) in [7, 11) is 0. The van der Waals surface area contributed by atoms with Crippen LogP contribution >= 0.6 is 15.9 Å². The molecule has 1 aromatic carbocycles. The molecule has 0 bridgehead atoms. The van der Waals surface area contributed by atoms with Gasteiger partial charge in [0.2, 0.25) is 5.91 Å². The van der Waals surface area contributed by atoms with Crippen LogP contribution in [-0.2, 0) is 11.3 Å². The number of carbonyl (C=O) groups is 1. The first-order chi connectivity index (χ1) is 10.1. The van der Waals surface area contributed by atoms with Crippen LogP contribution in [-0.4, -0.2) is 32.1 Å². The molecule has 5 heteroatoms. The molecule has 0 aliphatic heterocycles. The number of carbonyl (C=O) groups excluding carboxylic acids is 1. The number of nitrogens with one attached hydrogen (secondary N) is 2. The lowest BCUT2D eigenvalue weighted by atomic mass is 10.2. The molecule has 4 nitrogen and oxygen atoms in total. The van der Waals surface area contributed by atoms with Crippen molar-refractivity contribution in [2.45, 2.75) is 33.7 Å². The number of amides is 1. The zero-order valence-corrected chi connectivity index (χ0v) is 14.8. The first-order valence-electron chi connectivity index (χ1n) is 7.63. The molecule has 1 aromatic rings. The Morgan fingerprint density at radius 1 is 1.29 bits per heavy atom. The first kappa shape index (κ1) is 18.0. The minimum absolute atomic E-state index is 0.0555. The molecule has 2 N–H and O–H groups in total. The first-order valence-corrected chi connectivity index (χ1v) is 8.42. The summed E-state index contributed by atoms with van der Waals surface area (Å²) in [5.74, 6) is 0.0555. The smallest absolute Gasteiger partial charge is 0.239 e. The van der Waals surface area contributed by atoms with E-state index in [4.69, 9.17) is 0 Å². The minimum Gasteiger partial charge on any atom is -0.362 e. The van der Waals surface area contributed by atoms with E-state index in [1.807, 2.05) is 6.92 Å². The molecule has 0 unspecified atom stereocenters. The number of hydrogen-bond acceptors (Lipinski definition) is 3. The van der Waals surface area contributed by atoms with E-state index in [0.29, 0.717) is 13.1 Å². The highest BCUT2D eigenvalue weighted by molar-refractivity contribution is 9.10. The molecule has 1 rings (SSSR count). The van der Waals surface area contributed by atoms with Gasteiger partial charge in [-0.2, -0.15) is 0 Å². The van der Waals surface area contributed by atoms with Gasteiger partial charge in [-0.05, 0) is 60.4 Å². The Bertz CT molecular complexity index is 451. The van der Waals surface area contributed by atoms with Gasteiger partial charge >= 0.3 is 0 Å². The number of hydrogen-bond donors (Lipinski definition) is 2. The van der Waals surface area contributed by atoms with Crippen LogP contribution in [0.2, 0.25) is 0 Å². The van der Waals surface area contributed by atoms with Gasteiger partial charge in [-0.25, -0.2) is 0 Å². The van der Waals surface area contributed by atoms with Crippen LogP contribution in [0.15, 0.2) is 22.7 Å². The molecule has 0 radical (unpaired) electrons. The van der Waals surface area contributed by atoms with Crippen molar-refractivity contribution < 1.29 is 4.79 Å². The number of rotatable bonds is 9. The Morgan fingerprint density at radius 3 is 2.62 bits per heavy atom. The summed E-state index contributed by atoms with van der Waals surface area (Å²) in [5.41, 5.74) is 2.30. The fourth-order valence-electron chi connectivity index (χ4n) is 2.12. The number of benzene rings is 1. The second kappa shape index (κ2) is 9.79. The third kappa shape index (κ3) is 6.06. The zero-order valence-electron chi connectivity index (χ0n) is 13.2. The Labute approximate surface area is 136 Å². The molecule has 0 aliphatic carbocycles. The molecule has 0 aromatic heterocycles. The second-order valence-corrected chi connectivity index (χ2v) is 5.78. The van der Waals surface area contributed by atoms with Crippen molar-refractivity contribution in [2.24, 2.45) is 0 Å². The van der Waals surface area contributed by atoms with Gasteiger partial charge in [-0.1, -0.05) is 13.0 Å². The maximum atomic E-state index is 11.8. The normalized spacial score (nSPS) is 10.5. The van der Waals surface area contributed by atoms with E-state index in [2.05, 4.69) is 63.5 Å². The molecular formula is C16H26BrN3O. The molecule has 0 heterocycles. The van der Waals surface area contributed by atoms with Gasteiger partial charge in [0.1, 0.15) is 0 Å². The molecule has 0 fully saturated rings. The lowest BCUT2D eigenvalue weighted by molar-refractivity contribution is -0.119. The van der Waals surface area contributed by atoms with E-state index >= 15 is 0 Å². The molecule has 1 amide bonds. The third-order valence-corrected chi connectivity index (χ3v) is 3.83. The number of anilines is 1. The van der Waals surface area contributed by atoms with E-state index in [0.717, 1.165) is 36.2 Å². The largest absolute Gasteiger partial charge is 0.362 e. The van der Waals surface area contributed by atoms with Crippen LogP contribution in [0.25, 0.3) is 0 Å². The SMILES string of the molecule is CCCNCc1ccc(N(CC)CC(=O)NCC)c(Br)c1. The third-order valence-electron chi connectivity index (χ3n) is 3.20. The highest BCUT2D eigenvalue weighted by Crippen LogP contribution is 2.27. The van der Waals surface area contributed by atoms with Crippen molar-refractivity contribution >= 4 is 27.5 Å². The summed E-state index contributed by atoms with van der Waals surface area (Å²) in [4.78, 5) is 13.8. The number of nitrogens with zero attached hydrogens (tertiary/aromatic N) is 1. The highest BCUT2D eigenvalue weighted by atomic mass is 79.9. The van der Waals surface area contributed by atoms with Crippen LogP contribution in [0.5, 0.6) is 0 Å². The monoisotopic (exact) mass is 355 g/mol. The Kier molecular flexibility index (Phi) is 8.38. The van der Waals surface area contributed by atoms with Crippen LogP contribution in [0.4, 0.5) is 5.69 Å². The molecule has 21 heavy (non-hydrogen) atoms. The molecule has 0 atom stereocenters. The number of likely N-dealkylation sites (N-methyl/N-ethyl adjacent to an activating group) is 2. The lowest BCUT2D eigenvalue weighted by Crippen LogP contribution is -2.37. The molecule has 0 saturated carbocycles. The molecule has 0 aliphatic rings. The summed E-state index contributed by atoms with van der Waals surface area (Å²) < 4.78 is 1.03. The average Bonchev–Trinajstić information content (AvgIpc) is 2.46. The van der Waals surface area contributed by atoms with E-state index in [-0.39, 0.29) is 5.91 Å². The van der Waals surface area contributed by atoms with Gasteiger partial charge in [0, 0.05) is 24.1 Å². The van der Waals surface area contributed by atoms with Crippen LogP contribution in [0.1, 0.15) is 32.8 Å². The van der Waals surface area contributed by atoms with Gasteiger partial charge < -0.3 is 15.5 Å². The Balaban J connectivity index is 2.74. The van der Waals surface area contributed by atoms with Gasteiger partial charge in [-0.15, -0.1) is 0 Å². The maximum Gasteiger partial charge on any atom is 0.239 e. The molecule has 118 valence electrons. The van der Waals surface area contributed by atoms with E-state index in [1.165, 1.54) is 5.56 Å². The summed E-state index contributed by atoms with van der Waals surface area (Å²) in [6.07, 6.45) is 1.13. The standard InChI is InChI=1S/C16H26BrN3O/c1-4-9-18-11-13-7-8-15(14(17)10-13)20(6-3)12-16(21)19-5-2/h7-8,10,18H,4-6,9,11-12H2,1-3H3,(H,19,21). The van der Waals surface area contributed by atoms with Crippen molar-refractivity contribution in [3.05, 3.63) is 28.2 Å². The topological polar surface area (TPSA) is 44.4 Å². The van der Waals surface area contributed by atoms with Crippen LogP contribution < -0.4 is 15.5 Å².